The van der Waals surface area contributed by atoms with Gasteiger partial charge in [-0.2, -0.15) is 0 Å². The maximum absolute atomic E-state index is 11.7. The number of esters is 1. The SMILES string of the molecule is CC(CC(=O)OCCC(C)(C)C)C1CCCNC1. The van der Waals surface area contributed by atoms with E-state index in [1.54, 1.807) is 0 Å². The van der Waals surface area contributed by atoms with Crippen LogP contribution >= 0.6 is 0 Å². The highest BCUT2D eigenvalue weighted by atomic mass is 16.5. The van der Waals surface area contributed by atoms with Gasteiger partial charge in [0.25, 0.3) is 0 Å². The van der Waals surface area contributed by atoms with Crippen LogP contribution in [0.5, 0.6) is 0 Å². The minimum absolute atomic E-state index is 0.0303. The molecule has 1 fully saturated rings. The second-order valence-corrected chi connectivity index (χ2v) is 6.82. The van der Waals surface area contributed by atoms with E-state index in [1.807, 2.05) is 0 Å². The topological polar surface area (TPSA) is 38.3 Å². The largest absolute Gasteiger partial charge is 0.466 e. The smallest absolute Gasteiger partial charge is 0.306 e. The van der Waals surface area contributed by atoms with Crippen molar-refractivity contribution in [2.45, 2.75) is 53.4 Å². The molecule has 2 atom stereocenters. The number of hydrogen-bond acceptors (Lipinski definition) is 3. The number of ether oxygens (including phenoxy) is 1. The summed E-state index contributed by atoms with van der Waals surface area (Å²) < 4.78 is 5.32. The zero-order valence-corrected chi connectivity index (χ0v) is 12.4. The van der Waals surface area contributed by atoms with E-state index in [4.69, 9.17) is 4.74 Å². The van der Waals surface area contributed by atoms with Gasteiger partial charge in [0.2, 0.25) is 0 Å². The lowest BCUT2D eigenvalue weighted by Crippen LogP contribution is -2.34. The molecule has 1 N–H and O–H groups in total. The van der Waals surface area contributed by atoms with Crippen molar-refractivity contribution in [2.75, 3.05) is 19.7 Å². The highest BCUT2D eigenvalue weighted by Gasteiger charge is 2.22. The number of rotatable bonds is 5. The van der Waals surface area contributed by atoms with E-state index < -0.39 is 0 Å². The monoisotopic (exact) mass is 255 g/mol. The van der Waals surface area contributed by atoms with Gasteiger partial charge in [0.15, 0.2) is 0 Å². The lowest BCUT2D eigenvalue weighted by molar-refractivity contribution is -0.145. The molecule has 1 saturated heterocycles. The Balaban J connectivity index is 2.18. The van der Waals surface area contributed by atoms with Crippen molar-refractivity contribution in [3.63, 3.8) is 0 Å². The van der Waals surface area contributed by atoms with Crippen LogP contribution in [-0.4, -0.2) is 25.7 Å². The number of carbonyl (C=O) groups excluding carboxylic acids is 1. The van der Waals surface area contributed by atoms with E-state index in [1.165, 1.54) is 12.8 Å². The summed E-state index contributed by atoms with van der Waals surface area (Å²) in [5, 5.41) is 3.40. The van der Waals surface area contributed by atoms with Crippen LogP contribution in [0.4, 0.5) is 0 Å². The summed E-state index contributed by atoms with van der Waals surface area (Å²) in [4.78, 5) is 11.7. The average molecular weight is 255 g/mol. The summed E-state index contributed by atoms with van der Waals surface area (Å²) in [6, 6.07) is 0. The highest BCUT2D eigenvalue weighted by Crippen LogP contribution is 2.23. The van der Waals surface area contributed by atoms with Crippen molar-refractivity contribution in [1.82, 2.24) is 5.32 Å². The molecule has 0 aliphatic carbocycles. The standard InChI is InChI=1S/C15H29NO2/c1-12(13-6-5-8-16-11-13)10-14(17)18-9-7-15(2,3)4/h12-13,16H,5-11H2,1-4H3. The maximum Gasteiger partial charge on any atom is 0.306 e. The number of nitrogens with one attached hydrogen (secondary N) is 1. The summed E-state index contributed by atoms with van der Waals surface area (Å²) in [5.74, 6) is 1.03. The van der Waals surface area contributed by atoms with Crippen molar-refractivity contribution in [2.24, 2.45) is 17.3 Å². The van der Waals surface area contributed by atoms with Gasteiger partial charge >= 0.3 is 5.97 Å². The fourth-order valence-electron chi connectivity index (χ4n) is 2.32. The lowest BCUT2D eigenvalue weighted by Gasteiger charge is -2.27. The molecule has 0 aromatic heterocycles. The van der Waals surface area contributed by atoms with E-state index in [0.29, 0.717) is 24.9 Å². The van der Waals surface area contributed by atoms with Crippen LogP contribution in [0, 0.1) is 17.3 Å². The molecule has 2 unspecified atom stereocenters. The summed E-state index contributed by atoms with van der Waals surface area (Å²) in [6.45, 7) is 11.4. The van der Waals surface area contributed by atoms with Crippen LogP contribution < -0.4 is 5.32 Å². The van der Waals surface area contributed by atoms with Crippen molar-refractivity contribution >= 4 is 5.97 Å². The van der Waals surface area contributed by atoms with Gasteiger partial charge in [-0.3, -0.25) is 4.79 Å². The Morgan fingerprint density at radius 1 is 1.44 bits per heavy atom. The highest BCUT2D eigenvalue weighted by molar-refractivity contribution is 5.69. The summed E-state index contributed by atoms with van der Waals surface area (Å²) in [6.07, 6.45) is 3.96. The van der Waals surface area contributed by atoms with Crippen LogP contribution in [0.3, 0.4) is 0 Å². The van der Waals surface area contributed by atoms with Crippen molar-refractivity contribution in [3.8, 4) is 0 Å². The molecule has 18 heavy (non-hydrogen) atoms. The molecule has 106 valence electrons. The molecule has 0 spiro atoms. The minimum atomic E-state index is -0.0303. The average Bonchev–Trinajstić information content (AvgIpc) is 2.28. The first-order chi connectivity index (χ1) is 8.38. The van der Waals surface area contributed by atoms with Gasteiger partial charge in [-0.25, -0.2) is 0 Å². The molecule has 0 saturated carbocycles. The predicted molar refractivity (Wildman–Crippen MR) is 74.4 cm³/mol. The van der Waals surface area contributed by atoms with Crippen LogP contribution in [-0.2, 0) is 9.53 Å². The Kier molecular flexibility index (Phi) is 6.13. The third kappa shape index (κ3) is 6.39. The molecule has 0 radical (unpaired) electrons. The van der Waals surface area contributed by atoms with E-state index in [9.17, 15) is 4.79 Å². The van der Waals surface area contributed by atoms with Gasteiger partial charge in [-0.15, -0.1) is 0 Å². The predicted octanol–water partition coefficient (Wildman–Crippen LogP) is 2.99. The van der Waals surface area contributed by atoms with Gasteiger partial charge in [0.05, 0.1) is 6.61 Å². The molecule has 1 rings (SSSR count). The molecule has 0 bridgehead atoms. The third-order valence-corrected chi connectivity index (χ3v) is 3.74. The lowest BCUT2D eigenvalue weighted by atomic mass is 9.85. The summed E-state index contributed by atoms with van der Waals surface area (Å²) in [5.41, 5.74) is 0.235. The number of carbonyl (C=O) groups is 1. The molecular formula is C15H29NO2. The van der Waals surface area contributed by atoms with Gasteiger partial charge in [0.1, 0.15) is 0 Å². The molecule has 0 aromatic rings. The van der Waals surface area contributed by atoms with Crippen LogP contribution in [0.1, 0.15) is 53.4 Å². The van der Waals surface area contributed by atoms with Crippen molar-refractivity contribution in [1.29, 1.82) is 0 Å². The minimum Gasteiger partial charge on any atom is -0.466 e. The quantitative estimate of drug-likeness (QED) is 0.768. The van der Waals surface area contributed by atoms with Gasteiger partial charge < -0.3 is 10.1 Å². The molecule has 3 heteroatoms. The Bertz CT molecular complexity index is 252. The Morgan fingerprint density at radius 2 is 2.17 bits per heavy atom. The first-order valence-electron chi connectivity index (χ1n) is 7.25. The zero-order valence-electron chi connectivity index (χ0n) is 12.4. The molecule has 3 nitrogen and oxygen atoms in total. The number of hydrogen-bond donors (Lipinski definition) is 1. The van der Waals surface area contributed by atoms with E-state index in [2.05, 4.69) is 33.0 Å². The molecule has 0 aromatic carbocycles. The molecular weight excluding hydrogens is 226 g/mol. The zero-order chi connectivity index (χ0) is 13.6. The van der Waals surface area contributed by atoms with Gasteiger partial charge in [-0.1, -0.05) is 27.7 Å². The summed E-state index contributed by atoms with van der Waals surface area (Å²) >= 11 is 0. The first-order valence-corrected chi connectivity index (χ1v) is 7.25. The number of piperidine rings is 1. The van der Waals surface area contributed by atoms with Gasteiger partial charge in [-0.05, 0) is 49.6 Å². The Labute approximate surface area is 112 Å². The second-order valence-electron chi connectivity index (χ2n) is 6.82. The van der Waals surface area contributed by atoms with Crippen LogP contribution in [0.2, 0.25) is 0 Å². The normalized spacial score (nSPS) is 22.6. The first kappa shape index (κ1) is 15.5. The molecule has 1 aliphatic heterocycles. The Hall–Kier alpha value is -0.570. The fraction of sp³-hybridized carbons (Fsp3) is 0.933. The maximum atomic E-state index is 11.7. The molecule has 0 amide bonds. The second kappa shape index (κ2) is 7.13. The van der Waals surface area contributed by atoms with Crippen molar-refractivity contribution < 1.29 is 9.53 Å². The van der Waals surface area contributed by atoms with E-state index in [-0.39, 0.29) is 11.4 Å². The fourth-order valence-corrected chi connectivity index (χ4v) is 2.32. The molecule has 1 heterocycles. The van der Waals surface area contributed by atoms with E-state index >= 15 is 0 Å². The Morgan fingerprint density at radius 3 is 2.72 bits per heavy atom. The van der Waals surface area contributed by atoms with Crippen molar-refractivity contribution in [3.05, 3.63) is 0 Å². The summed E-state index contributed by atoms with van der Waals surface area (Å²) in [7, 11) is 0. The van der Waals surface area contributed by atoms with Crippen LogP contribution in [0.15, 0.2) is 0 Å². The van der Waals surface area contributed by atoms with E-state index in [0.717, 1.165) is 19.5 Å². The third-order valence-electron chi connectivity index (χ3n) is 3.74. The molecule has 1 aliphatic rings. The van der Waals surface area contributed by atoms with Crippen LogP contribution in [0.25, 0.3) is 0 Å². The van der Waals surface area contributed by atoms with Gasteiger partial charge in [0, 0.05) is 6.42 Å².